The molecule has 1 N–H and O–H groups in total. The average molecular weight is 243 g/mol. The average Bonchev–Trinajstić information content (AvgIpc) is 2.60. The summed E-state index contributed by atoms with van der Waals surface area (Å²) in [5, 5.41) is 13.2. The summed E-state index contributed by atoms with van der Waals surface area (Å²) in [6.07, 6.45) is 3.66. The summed E-state index contributed by atoms with van der Waals surface area (Å²) in [5.41, 5.74) is 3.77. The minimum absolute atomic E-state index is 0.139. The highest BCUT2D eigenvalue weighted by Crippen LogP contribution is 2.58. The van der Waals surface area contributed by atoms with Crippen LogP contribution < -0.4 is 0 Å². The van der Waals surface area contributed by atoms with Crippen LogP contribution in [0.5, 0.6) is 0 Å². The highest BCUT2D eigenvalue weighted by Gasteiger charge is 2.55. The maximum Gasteiger partial charge on any atom is 0.0915 e. The van der Waals surface area contributed by atoms with Gasteiger partial charge in [-0.15, -0.1) is 0 Å². The lowest BCUT2D eigenvalue weighted by Gasteiger charge is -2.47. The molecule has 0 saturated heterocycles. The second-order valence-corrected chi connectivity index (χ2v) is 6.72. The molecule has 2 aliphatic rings. The van der Waals surface area contributed by atoms with Gasteiger partial charge in [0.25, 0.3) is 0 Å². The van der Waals surface area contributed by atoms with Crippen molar-refractivity contribution in [1.29, 1.82) is 0 Å². The molecule has 96 valence electrons. The van der Waals surface area contributed by atoms with Gasteiger partial charge in [0.1, 0.15) is 0 Å². The van der Waals surface area contributed by atoms with E-state index in [1.165, 1.54) is 24.8 Å². The predicted molar refractivity (Wildman–Crippen MR) is 73.2 cm³/mol. The van der Waals surface area contributed by atoms with Gasteiger partial charge in [-0.25, -0.2) is 0 Å². The van der Waals surface area contributed by atoms with Gasteiger partial charge >= 0.3 is 0 Å². The van der Waals surface area contributed by atoms with Crippen LogP contribution in [0.15, 0.2) is 29.4 Å². The standard InChI is InChI=1S/C16H21NO/c1-15(2)9-6-10-16(3)12-8-5-4-7-11(12)13(17-18)14(15)16/h4-5,7-8,14,18H,6,9-10H2,1-3H3/t14-,16-/m0/s1. The van der Waals surface area contributed by atoms with Crippen LogP contribution in [0.1, 0.15) is 51.2 Å². The predicted octanol–water partition coefficient (Wildman–Crippen LogP) is 3.96. The van der Waals surface area contributed by atoms with E-state index in [2.05, 4.69) is 44.1 Å². The molecule has 0 unspecified atom stereocenters. The van der Waals surface area contributed by atoms with Crippen molar-refractivity contribution in [3.05, 3.63) is 35.4 Å². The molecule has 0 radical (unpaired) electrons. The van der Waals surface area contributed by atoms with E-state index in [9.17, 15) is 5.21 Å². The highest BCUT2D eigenvalue weighted by molar-refractivity contribution is 6.08. The Kier molecular flexibility index (Phi) is 2.35. The van der Waals surface area contributed by atoms with Gasteiger partial charge in [-0.1, -0.05) is 56.6 Å². The molecule has 2 heteroatoms. The zero-order chi connectivity index (χ0) is 13.0. The van der Waals surface area contributed by atoms with Crippen LogP contribution in [0.4, 0.5) is 0 Å². The molecule has 0 aromatic heterocycles. The number of benzene rings is 1. The molecular formula is C16H21NO. The first kappa shape index (κ1) is 11.8. The van der Waals surface area contributed by atoms with Gasteiger partial charge in [-0.05, 0) is 23.8 Å². The van der Waals surface area contributed by atoms with E-state index in [-0.39, 0.29) is 10.8 Å². The first-order valence-electron chi connectivity index (χ1n) is 6.82. The SMILES string of the molecule is CC1(C)CCC[C@@]2(C)c3ccccc3C(=NO)[C@@H]12. The third kappa shape index (κ3) is 1.32. The molecule has 0 aliphatic heterocycles. The van der Waals surface area contributed by atoms with Crippen LogP contribution in [0, 0.1) is 11.3 Å². The summed E-state index contributed by atoms with van der Waals surface area (Å²) in [4.78, 5) is 0. The molecule has 0 spiro atoms. The number of hydrogen-bond donors (Lipinski definition) is 1. The lowest BCUT2D eigenvalue weighted by Crippen LogP contribution is -2.44. The molecule has 1 aromatic rings. The molecule has 2 atom stereocenters. The third-order valence-corrected chi connectivity index (χ3v) is 5.14. The Labute approximate surface area is 109 Å². The monoisotopic (exact) mass is 243 g/mol. The smallest absolute Gasteiger partial charge is 0.0915 e. The van der Waals surface area contributed by atoms with Crippen molar-refractivity contribution in [3.63, 3.8) is 0 Å². The highest BCUT2D eigenvalue weighted by atomic mass is 16.4. The van der Waals surface area contributed by atoms with E-state index in [1.807, 2.05) is 6.07 Å². The van der Waals surface area contributed by atoms with Gasteiger partial charge in [0, 0.05) is 16.9 Å². The minimum Gasteiger partial charge on any atom is -0.411 e. The summed E-state index contributed by atoms with van der Waals surface area (Å²) in [6.45, 7) is 6.97. The van der Waals surface area contributed by atoms with Crippen LogP contribution in [-0.2, 0) is 5.41 Å². The molecule has 2 aliphatic carbocycles. The third-order valence-electron chi connectivity index (χ3n) is 5.14. The van der Waals surface area contributed by atoms with E-state index >= 15 is 0 Å². The van der Waals surface area contributed by atoms with Crippen molar-refractivity contribution >= 4 is 5.71 Å². The number of fused-ring (bicyclic) bond motifs is 3. The van der Waals surface area contributed by atoms with Crippen LogP contribution in [-0.4, -0.2) is 10.9 Å². The maximum atomic E-state index is 9.49. The van der Waals surface area contributed by atoms with Crippen LogP contribution in [0.2, 0.25) is 0 Å². The number of hydrogen-bond acceptors (Lipinski definition) is 2. The summed E-state index contributed by atoms with van der Waals surface area (Å²) < 4.78 is 0. The second-order valence-electron chi connectivity index (χ2n) is 6.72. The summed E-state index contributed by atoms with van der Waals surface area (Å²) >= 11 is 0. The lowest BCUT2D eigenvalue weighted by molar-refractivity contribution is 0.112. The molecule has 3 rings (SSSR count). The molecule has 1 fully saturated rings. The van der Waals surface area contributed by atoms with Crippen LogP contribution in [0.25, 0.3) is 0 Å². The van der Waals surface area contributed by atoms with Crippen molar-refractivity contribution in [1.82, 2.24) is 0 Å². The van der Waals surface area contributed by atoms with Crippen molar-refractivity contribution < 1.29 is 5.21 Å². The molecule has 0 amide bonds. The Bertz CT molecular complexity index is 518. The van der Waals surface area contributed by atoms with Crippen molar-refractivity contribution in [2.45, 2.75) is 45.4 Å². The van der Waals surface area contributed by atoms with Crippen LogP contribution >= 0.6 is 0 Å². The lowest BCUT2D eigenvalue weighted by atomic mass is 9.56. The Morgan fingerprint density at radius 1 is 1.17 bits per heavy atom. The zero-order valence-electron chi connectivity index (χ0n) is 11.4. The maximum absolute atomic E-state index is 9.49. The number of oxime groups is 1. The Morgan fingerprint density at radius 2 is 1.89 bits per heavy atom. The number of rotatable bonds is 0. The Morgan fingerprint density at radius 3 is 2.61 bits per heavy atom. The van der Waals surface area contributed by atoms with Gasteiger partial charge in [0.15, 0.2) is 0 Å². The first-order valence-corrected chi connectivity index (χ1v) is 6.82. The van der Waals surface area contributed by atoms with Gasteiger partial charge in [0.2, 0.25) is 0 Å². The topological polar surface area (TPSA) is 32.6 Å². The van der Waals surface area contributed by atoms with Crippen molar-refractivity contribution in [3.8, 4) is 0 Å². The van der Waals surface area contributed by atoms with Gasteiger partial charge < -0.3 is 5.21 Å². The molecule has 2 nitrogen and oxygen atoms in total. The van der Waals surface area contributed by atoms with Crippen molar-refractivity contribution in [2.75, 3.05) is 0 Å². The fraction of sp³-hybridized carbons (Fsp3) is 0.562. The van der Waals surface area contributed by atoms with Gasteiger partial charge in [0.05, 0.1) is 5.71 Å². The van der Waals surface area contributed by atoms with E-state index in [0.717, 1.165) is 11.3 Å². The van der Waals surface area contributed by atoms with Crippen molar-refractivity contribution in [2.24, 2.45) is 16.5 Å². The largest absolute Gasteiger partial charge is 0.411 e. The molecule has 1 aromatic carbocycles. The quantitative estimate of drug-likeness (QED) is 0.543. The molecular weight excluding hydrogens is 222 g/mol. The normalized spacial score (nSPS) is 35.3. The van der Waals surface area contributed by atoms with E-state index in [0.29, 0.717) is 5.92 Å². The van der Waals surface area contributed by atoms with Gasteiger partial charge in [-0.2, -0.15) is 0 Å². The van der Waals surface area contributed by atoms with Crippen LogP contribution in [0.3, 0.4) is 0 Å². The fourth-order valence-electron chi connectivity index (χ4n) is 4.50. The molecule has 18 heavy (non-hydrogen) atoms. The Hall–Kier alpha value is -1.31. The second kappa shape index (κ2) is 3.59. The first-order chi connectivity index (χ1) is 8.50. The zero-order valence-corrected chi connectivity index (χ0v) is 11.4. The molecule has 0 bridgehead atoms. The summed E-state index contributed by atoms with van der Waals surface area (Å²) in [6, 6.07) is 8.45. The fourth-order valence-corrected chi connectivity index (χ4v) is 4.50. The summed E-state index contributed by atoms with van der Waals surface area (Å²) in [5.74, 6) is 0.334. The van der Waals surface area contributed by atoms with Gasteiger partial charge in [-0.3, -0.25) is 0 Å². The summed E-state index contributed by atoms with van der Waals surface area (Å²) in [7, 11) is 0. The number of nitrogens with zero attached hydrogens (tertiary/aromatic N) is 1. The van der Waals surface area contributed by atoms with E-state index in [1.54, 1.807) is 0 Å². The Balaban J connectivity index is 2.26. The minimum atomic E-state index is 0.139. The molecule has 0 heterocycles. The van der Waals surface area contributed by atoms with E-state index in [4.69, 9.17) is 0 Å². The van der Waals surface area contributed by atoms with E-state index < -0.39 is 0 Å². The molecule has 1 saturated carbocycles.